The average Bonchev–Trinajstić information content (AvgIpc) is 3.49. The number of carboxylic acid groups (broad SMARTS) is 1. The highest BCUT2D eigenvalue weighted by atomic mass is 16.5. The number of hydrogen-bond donors (Lipinski definition) is 3. The lowest BCUT2D eigenvalue weighted by Gasteiger charge is -2.71. The van der Waals surface area contributed by atoms with Gasteiger partial charge >= 0.3 is 5.97 Å². The zero-order valence-electron chi connectivity index (χ0n) is 31.3. The lowest BCUT2D eigenvalue weighted by atomic mass is 9.34. The van der Waals surface area contributed by atoms with Gasteiger partial charge in [0, 0.05) is 11.0 Å². The molecule has 2 heterocycles. The summed E-state index contributed by atoms with van der Waals surface area (Å²) < 4.78 is 15.7. The third-order valence-corrected chi connectivity index (χ3v) is 15.9. The second kappa shape index (κ2) is 11.8. The Morgan fingerprint density at radius 1 is 1.12 bits per heavy atom. The molecular weight excluding hydrogens is 606 g/mol. The van der Waals surface area contributed by atoms with Crippen LogP contribution in [0.15, 0.2) is 11.6 Å². The molecule has 10 heteroatoms. The first-order valence-corrected chi connectivity index (χ1v) is 18.6. The minimum Gasteiger partial charge on any atom is -0.481 e. The van der Waals surface area contributed by atoms with Gasteiger partial charge in [0.05, 0.1) is 37.9 Å². The van der Waals surface area contributed by atoms with Crippen molar-refractivity contribution >= 4 is 5.97 Å². The molecule has 0 amide bonds. The molecule has 10 nitrogen and oxygen atoms in total. The minimum atomic E-state index is -0.652. The van der Waals surface area contributed by atoms with Crippen LogP contribution in [0.1, 0.15) is 120 Å². The number of carboxylic acids is 1. The summed E-state index contributed by atoms with van der Waals surface area (Å²) >= 11 is 0. The Balaban J connectivity index is 1.52. The Kier molecular flexibility index (Phi) is 8.86. The zero-order valence-corrected chi connectivity index (χ0v) is 31.3. The van der Waals surface area contributed by atoms with Crippen molar-refractivity contribution in [2.24, 2.45) is 68.3 Å². The summed E-state index contributed by atoms with van der Waals surface area (Å²) in [6.45, 7) is 23.7. The Bertz CT molecular complexity index is 1430. The number of carbonyl (C=O) groups is 1. The molecule has 3 saturated carbocycles. The van der Waals surface area contributed by atoms with E-state index in [4.69, 9.17) is 15.2 Å². The minimum absolute atomic E-state index is 0.152. The lowest BCUT2D eigenvalue weighted by Crippen LogP contribution is -2.70. The first-order valence-electron chi connectivity index (χ1n) is 18.6. The van der Waals surface area contributed by atoms with Crippen LogP contribution in [0, 0.1) is 62.6 Å². The van der Waals surface area contributed by atoms with Gasteiger partial charge in [0.1, 0.15) is 6.61 Å². The molecule has 1 aromatic heterocycles. The summed E-state index contributed by atoms with van der Waals surface area (Å²) in [5, 5.41) is 34.1. The van der Waals surface area contributed by atoms with Crippen molar-refractivity contribution in [2.75, 3.05) is 19.8 Å². The number of nitrogens with two attached hydrogens (primary N) is 1. The van der Waals surface area contributed by atoms with Gasteiger partial charge in [-0.05, 0) is 107 Å². The van der Waals surface area contributed by atoms with E-state index in [1.165, 1.54) is 5.57 Å². The summed E-state index contributed by atoms with van der Waals surface area (Å²) in [6.07, 6.45) is 7.55. The lowest BCUT2D eigenvalue weighted by molar-refractivity contribution is -0.255. The molecule has 270 valence electrons. The Hall–Kier alpha value is -1.88. The van der Waals surface area contributed by atoms with Crippen LogP contribution in [0.4, 0.5) is 0 Å². The molecule has 12 atom stereocenters. The summed E-state index contributed by atoms with van der Waals surface area (Å²) in [5.41, 5.74) is 6.18. The van der Waals surface area contributed by atoms with Crippen LogP contribution < -0.4 is 5.73 Å². The number of fused-ring (bicyclic) bond motifs is 3. The highest BCUT2D eigenvalue weighted by molar-refractivity contribution is 5.73. The largest absolute Gasteiger partial charge is 0.481 e. The maximum Gasteiger partial charge on any atom is 0.307 e. The first kappa shape index (κ1) is 35.9. The number of allylic oxidation sites excluding steroid dienone is 1. The molecule has 48 heavy (non-hydrogen) atoms. The van der Waals surface area contributed by atoms with E-state index in [0.29, 0.717) is 43.9 Å². The third kappa shape index (κ3) is 4.85. The number of nitrogens with zero attached hydrogens (tertiary/aromatic N) is 4. The maximum absolute atomic E-state index is 13.5. The predicted molar refractivity (Wildman–Crippen MR) is 184 cm³/mol. The topological polar surface area (TPSA) is 146 Å². The highest BCUT2D eigenvalue weighted by Gasteiger charge is 2.72. The van der Waals surface area contributed by atoms with Crippen LogP contribution in [-0.4, -0.2) is 67.9 Å². The van der Waals surface area contributed by atoms with E-state index in [0.717, 1.165) is 32.1 Å². The second-order valence-electron chi connectivity index (χ2n) is 18.7. The van der Waals surface area contributed by atoms with Crippen molar-refractivity contribution in [3.05, 3.63) is 17.5 Å². The van der Waals surface area contributed by atoms with Crippen molar-refractivity contribution in [3.63, 3.8) is 0 Å². The van der Waals surface area contributed by atoms with E-state index in [1.54, 1.807) is 0 Å². The van der Waals surface area contributed by atoms with Gasteiger partial charge in [0.2, 0.25) is 0 Å². The summed E-state index contributed by atoms with van der Waals surface area (Å²) in [6, 6.07) is -0.218. The van der Waals surface area contributed by atoms with Gasteiger partial charge < -0.3 is 25.4 Å². The van der Waals surface area contributed by atoms with E-state index in [2.05, 4.69) is 90.8 Å². The molecule has 1 saturated heterocycles. The third-order valence-electron chi connectivity index (χ3n) is 15.9. The fourth-order valence-electron chi connectivity index (χ4n) is 12.1. The zero-order chi connectivity index (χ0) is 35.2. The fraction of sp³-hybridized carbons (Fsp3) is 0.895. The molecule has 1 aromatic rings. The average molecular weight is 670 g/mol. The monoisotopic (exact) mass is 669 g/mol. The van der Waals surface area contributed by atoms with Gasteiger partial charge in [-0.25, -0.2) is 4.68 Å². The number of aromatic nitrogens is 4. The number of tetrazole rings is 1. The molecule has 2 bridgehead atoms. The number of aliphatic hydroxyl groups excluding tert-OH is 1. The van der Waals surface area contributed by atoms with Gasteiger partial charge in [0.25, 0.3) is 0 Å². The Labute approximate surface area is 288 Å². The molecule has 4 fully saturated rings. The smallest absolute Gasteiger partial charge is 0.307 e. The molecular formula is C38H63N5O5. The molecule has 0 aromatic carbocycles. The van der Waals surface area contributed by atoms with E-state index in [1.807, 2.05) is 4.68 Å². The summed E-state index contributed by atoms with van der Waals surface area (Å²) in [4.78, 5) is 13.5. The van der Waals surface area contributed by atoms with Crippen LogP contribution in [-0.2, 0) is 20.9 Å². The second-order valence-corrected chi connectivity index (χ2v) is 18.7. The fourth-order valence-corrected chi connectivity index (χ4v) is 12.1. The Morgan fingerprint density at radius 3 is 2.46 bits per heavy atom. The molecule has 1 aliphatic heterocycles. The van der Waals surface area contributed by atoms with Crippen LogP contribution in [0.2, 0.25) is 0 Å². The number of hydrogen-bond acceptors (Lipinski definition) is 8. The highest BCUT2D eigenvalue weighted by Crippen LogP contribution is 2.75. The van der Waals surface area contributed by atoms with Crippen LogP contribution in [0.25, 0.3) is 0 Å². The maximum atomic E-state index is 13.5. The normalized spacial score (nSPS) is 44.3. The van der Waals surface area contributed by atoms with Crippen molar-refractivity contribution < 1.29 is 24.5 Å². The number of aliphatic carboxylic acids is 1. The predicted octanol–water partition coefficient (Wildman–Crippen LogP) is 6.05. The van der Waals surface area contributed by atoms with E-state index < -0.39 is 28.3 Å². The van der Waals surface area contributed by atoms with Crippen molar-refractivity contribution in [1.82, 2.24) is 20.2 Å². The first-order chi connectivity index (χ1) is 22.3. The van der Waals surface area contributed by atoms with E-state index in [-0.39, 0.29) is 52.8 Å². The van der Waals surface area contributed by atoms with Gasteiger partial charge in [-0.15, -0.1) is 5.10 Å². The van der Waals surface area contributed by atoms with Crippen molar-refractivity contribution in [1.29, 1.82) is 0 Å². The van der Waals surface area contributed by atoms with Crippen LogP contribution in [0.5, 0.6) is 0 Å². The summed E-state index contributed by atoms with van der Waals surface area (Å²) in [5.74, 6) is 0.732. The molecule has 6 rings (SSSR count). The quantitative estimate of drug-likeness (QED) is 0.267. The van der Waals surface area contributed by atoms with Crippen LogP contribution in [0.3, 0.4) is 0 Å². The number of rotatable bonds is 9. The molecule has 4 N–H and O–H groups in total. The molecule has 4 aliphatic carbocycles. The number of aliphatic hydroxyl groups is 1. The van der Waals surface area contributed by atoms with Crippen LogP contribution >= 0.6 is 0 Å². The van der Waals surface area contributed by atoms with E-state index >= 15 is 0 Å². The Morgan fingerprint density at radius 2 is 1.83 bits per heavy atom. The van der Waals surface area contributed by atoms with Gasteiger partial charge in [0.15, 0.2) is 5.82 Å². The van der Waals surface area contributed by atoms with Gasteiger partial charge in [-0.2, -0.15) is 0 Å². The van der Waals surface area contributed by atoms with Crippen molar-refractivity contribution in [2.45, 2.75) is 132 Å². The SMILES string of the molecule is CC(C)[C@@H](C)[C@@]1(C)CC[C@]2(C)[C@H]3CC[C@@H]4[C@@]5(C)COC[C@@]4(C3=CC[C@@]2(C)[C@@H]1C(=O)O)[C@@H](OC[C@](C)(N)C(C)C)[C@H](n1nnnc1CO)C5. The number of ether oxygens (including phenoxy) is 2. The van der Waals surface area contributed by atoms with Crippen molar-refractivity contribution in [3.8, 4) is 0 Å². The molecule has 0 unspecified atom stereocenters. The van der Waals surface area contributed by atoms with Gasteiger partial charge in [-0.1, -0.05) is 74.0 Å². The molecule has 0 spiro atoms. The molecule has 0 radical (unpaired) electrons. The van der Waals surface area contributed by atoms with E-state index in [9.17, 15) is 15.0 Å². The summed E-state index contributed by atoms with van der Waals surface area (Å²) in [7, 11) is 0. The van der Waals surface area contributed by atoms with Gasteiger partial charge in [-0.3, -0.25) is 4.79 Å². The standard InChI is InChI=1S/C38H63N5O5/c1-22(2)24(5)34(7)15-16-35(8)25-11-12-28-33(6)17-27(43-29(18-44)40-41-42-43)31(48-20-37(10,39)23(3)4)38(28,21-47-19-33)26(25)13-14-36(35,9)30(34)32(45)46/h13,22-25,27-28,30-31,44H,11-12,14-21,39H2,1-10H3,(H,45,46)/t24-,25+,27-,28-,30-,31+,33-,34-,35-,36+,37+,38+/m1/s1. The molecule has 5 aliphatic rings.